The first kappa shape index (κ1) is 7.66. The Hall–Kier alpha value is -1.62. The number of pyridine rings is 1. The Morgan fingerprint density at radius 2 is 2.18 bits per heavy atom. The molecule has 17 heavy (non-hydrogen) atoms. The highest BCUT2D eigenvalue weighted by Crippen LogP contribution is 2.15. The fraction of sp³-hybridized carbons (Fsp3) is 0.500. The van der Waals surface area contributed by atoms with Crippen molar-refractivity contribution < 1.29 is 20.1 Å². The maximum absolute atomic E-state index is 11.1. The van der Waals surface area contributed by atoms with Crippen molar-refractivity contribution in [2.75, 3.05) is 13.0 Å². The molecule has 0 spiro atoms. The van der Waals surface area contributed by atoms with Gasteiger partial charge < -0.3 is 14.7 Å². The molecule has 5 nitrogen and oxygen atoms in total. The van der Waals surface area contributed by atoms with Crippen LogP contribution < -0.4 is 0 Å². The lowest BCUT2D eigenvalue weighted by molar-refractivity contribution is 0.000346. The first-order chi connectivity index (χ1) is 9.72. The van der Waals surface area contributed by atoms with Crippen molar-refractivity contribution in [3.63, 3.8) is 0 Å². The van der Waals surface area contributed by atoms with Crippen LogP contribution >= 0.6 is 0 Å². The number of carboxylic acid groups (broad SMARTS) is 1. The van der Waals surface area contributed by atoms with Crippen molar-refractivity contribution in [2.24, 2.45) is 0 Å². The lowest BCUT2D eigenvalue weighted by atomic mass is 10.1. The molecule has 1 aromatic heterocycles. The standard InChI is InChI=1S/C12H16N2O3/c15-12(16)14-7-3-11(4-8-14)17-9-10-1-5-13-6-2-10/h1-2,5-6,11H,3-4,7-9H2,(H,15,16)/i7D2,8D2. The van der Waals surface area contributed by atoms with Crippen molar-refractivity contribution in [2.45, 2.75) is 25.6 Å². The number of amides is 1. The second kappa shape index (κ2) is 5.63. The zero-order valence-corrected chi connectivity index (χ0v) is 9.17. The van der Waals surface area contributed by atoms with E-state index in [4.69, 9.17) is 15.3 Å². The van der Waals surface area contributed by atoms with Gasteiger partial charge in [-0.15, -0.1) is 0 Å². The fourth-order valence-corrected chi connectivity index (χ4v) is 1.46. The molecule has 0 atom stereocenters. The highest BCUT2D eigenvalue weighted by Gasteiger charge is 2.22. The van der Waals surface area contributed by atoms with Gasteiger partial charge in [0.25, 0.3) is 0 Å². The van der Waals surface area contributed by atoms with Crippen LogP contribution in [-0.2, 0) is 11.3 Å². The van der Waals surface area contributed by atoms with E-state index in [9.17, 15) is 4.79 Å². The van der Waals surface area contributed by atoms with Crippen LogP contribution in [0.15, 0.2) is 24.5 Å². The van der Waals surface area contributed by atoms with Gasteiger partial charge in [-0.25, -0.2) is 4.79 Å². The maximum Gasteiger partial charge on any atom is 0.407 e. The Labute approximate surface area is 106 Å². The molecule has 1 amide bonds. The smallest absolute Gasteiger partial charge is 0.407 e. The van der Waals surface area contributed by atoms with E-state index in [2.05, 4.69) is 4.98 Å². The Morgan fingerprint density at radius 3 is 2.76 bits per heavy atom. The van der Waals surface area contributed by atoms with Crippen LogP contribution in [0, 0.1) is 0 Å². The van der Waals surface area contributed by atoms with Crippen molar-refractivity contribution in [3.8, 4) is 0 Å². The number of nitrogens with zero attached hydrogens (tertiary/aromatic N) is 2. The summed E-state index contributed by atoms with van der Waals surface area (Å²) in [7, 11) is 0. The van der Waals surface area contributed by atoms with E-state index in [1.165, 1.54) is 0 Å². The van der Waals surface area contributed by atoms with Crippen LogP contribution in [0.2, 0.25) is 0 Å². The van der Waals surface area contributed by atoms with Gasteiger partial charge in [0.15, 0.2) is 0 Å². The zero-order valence-electron chi connectivity index (χ0n) is 13.2. The van der Waals surface area contributed by atoms with Crippen molar-refractivity contribution in [1.82, 2.24) is 9.88 Å². The predicted octanol–water partition coefficient (Wildman–Crippen LogP) is 1.74. The average Bonchev–Trinajstić information content (AvgIpc) is 2.34. The summed E-state index contributed by atoms with van der Waals surface area (Å²) in [6.45, 7) is -4.42. The van der Waals surface area contributed by atoms with Gasteiger partial charge in [-0.05, 0) is 30.5 Å². The van der Waals surface area contributed by atoms with E-state index in [0.29, 0.717) is 0 Å². The summed E-state index contributed by atoms with van der Waals surface area (Å²) in [6.07, 6.45) is 0.485. The lowest BCUT2D eigenvalue weighted by Gasteiger charge is -2.29. The molecule has 0 aromatic carbocycles. The van der Waals surface area contributed by atoms with E-state index >= 15 is 0 Å². The summed E-state index contributed by atoms with van der Waals surface area (Å²) < 4.78 is 36.6. The molecule has 0 radical (unpaired) electrons. The number of ether oxygens (including phenoxy) is 1. The van der Waals surface area contributed by atoms with Gasteiger partial charge in [-0.2, -0.15) is 0 Å². The Balaban J connectivity index is 2.06. The molecule has 0 aliphatic carbocycles. The maximum atomic E-state index is 11.1. The molecule has 1 fully saturated rings. The summed E-state index contributed by atoms with van der Waals surface area (Å²) in [5, 5.41) is 9.00. The molecule has 1 aliphatic rings. The molecule has 1 saturated heterocycles. The summed E-state index contributed by atoms with van der Waals surface area (Å²) in [5.41, 5.74) is 0.840. The third kappa shape index (κ3) is 3.42. The number of carbonyl (C=O) groups is 1. The van der Waals surface area contributed by atoms with Gasteiger partial charge in [-0.3, -0.25) is 4.98 Å². The number of rotatable bonds is 3. The second-order valence-electron chi connectivity index (χ2n) is 3.63. The first-order valence-corrected chi connectivity index (χ1v) is 5.26. The van der Waals surface area contributed by atoms with Crippen molar-refractivity contribution in [1.29, 1.82) is 0 Å². The molecular weight excluding hydrogens is 220 g/mol. The molecule has 2 heterocycles. The summed E-state index contributed by atoms with van der Waals surface area (Å²) in [5.74, 6) is 0. The van der Waals surface area contributed by atoms with Gasteiger partial charge in [0.1, 0.15) is 0 Å². The molecular formula is C12H16N2O3. The van der Waals surface area contributed by atoms with Crippen LogP contribution in [0.3, 0.4) is 0 Å². The molecule has 5 heteroatoms. The topological polar surface area (TPSA) is 62.7 Å². The number of hydrogen-bond donors (Lipinski definition) is 1. The normalized spacial score (nSPS) is 26.5. The van der Waals surface area contributed by atoms with Gasteiger partial charge in [-0.1, -0.05) is 0 Å². The van der Waals surface area contributed by atoms with Crippen LogP contribution in [0.25, 0.3) is 0 Å². The quantitative estimate of drug-likeness (QED) is 0.874. The minimum absolute atomic E-state index is 0.201. The molecule has 0 bridgehead atoms. The van der Waals surface area contributed by atoms with Crippen LogP contribution in [0.5, 0.6) is 0 Å². The summed E-state index contributed by atoms with van der Waals surface area (Å²) in [6, 6.07) is 3.49. The van der Waals surface area contributed by atoms with E-state index in [1.807, 2.05) is 0 Å². The molecule has 0 unspecified atom stereocenters. The van der Waals surface area contributed by atoms with Gasteiger partial charge in [0.2, 0.25) is 0 Å². The van der Waals surface area contributed by atoms with E-state index in [1.54, 1.807) is 24.5 Å². The molecule has 0 saturated carbocycles. The third-order valence-electron chi connectivity index (χ3n) is 2.38. The van der Waals surface area contributed by atoms with Gasteiger partial charge in [0, 0.05) is 30.9 Å². The second-order valence-corrected chi connectivity index (χ2v) is 3.63. The van der Waals surface area contributed by atoms with Crippen LogP contribution in [0.4, 0.5) is 4.79 Å². The van der Waals surface area contributed by atoms with E-state index < -0.39 is 25.2 Å². The monoisotopic (exact) mass is 240 g/mol. The Morgan fingerprint density at radius 1 is 1.53 bits per heavy atom. The molecule has 1 aromatic rings. The number of likely N-dealkylation sites (tertiary alicyclic amines) is 1. The van der Waals surface area contributed by atoms with Crippen molar-refractivity contribution >= 4 is 6.09 Å². The van der Waals surface area contributed by atoms with Gasteiger partial charge >= 0.3 is 6.09 Å². The van der Waals surface area contributed by atoms with Gasteiger partial charge in [0.05, 0.1) is 12.7 Å². The number of piperidine rings is 1. The molecule has 2 rings (SSSR count). The summed E-state index contributed by atoms with van der Waals surface area (Å²) in [4.78, 5) is 15.2. The molecule has 1 aliphatic heterocycles. The Kier molecular flexibility index (Phi) is 2.54. The number of hydrogen-bond acceptors (Lipinski definition) is 3. The minimum atomic E-state index is -2.31. The van der Waals surface area contributed by atoms with E-state index in [0.717, 1.165) is 5.56 Å². The summed E-state index contributed by atoms with van der Waals surface area (Å²) >= 11 is 0. The zero-order chi connectivity index (χ0) is 15.7. The average molecular weight is 240 g/mol. The Bertz CT molecular complexity index is 494. The van der Waals surface area contributed by atoms with E-state index in [-0.39, 0.29) is 24.3 Å². The van der Waals surface area contributed by atoms with Crippen molar-refractivity contribution in [3.05, 3.63) is 30.1 Å². The first-order valence-electron chi connectivity index (χ1n) is 7.26. The van der Waals surface area contributed by atoms with Crippen LogP contribution in [0.1, 0.15) is 23.9 Å². The minimum Gasteiger partial charge on any atom is -0.465 e. The third-order valence-corrected chi connectivity index (χ3v) is 2.38. The van der Waals surface area contributed by atoms with Crippen LogP contribution in [-0.4, -0.2) is 40.2 Å². The fourth-order valence-electron chi connectivity index (χ4n) is 1.46. The SMILES string of the molecule is [2H]C1([2H])CC(OCc2ccncc2)CC([2H])([2H])N1C(=O)O. The molecule has 1 N–H and O–H groups in total. The molecule has 92 valence electrons. The highest BCUT2D eigenvalue weighted by atomic mass is 16.5. The highest BCUT2D eigenvalue weighted by molar-refractivity contribution is 5.64. The lowest BCUT2D eigenvalue weighted by Crippen LogP contribution is -2.40. The predicted molar refractivity (Wildman–Crippen MR) is 61.6 cm³/mol. The largest absolute Gasteiger partial charge is 0.465 e. The number of aromatic nitrogens is 1.